The molecule has 1 aromatic heterocycles. The maximum atomic E-state index is 12.4. The van der Waals surface area contributed by atoms with Crippen molar-refractivity contribution in [3.63, 3.8) is 0 Å². The van der Waals surface area contributed by atoms with Crippen molar-refractivity contribution in [1.29, 1.82) is 0 Å². The number of rotatable bonds is 4. The fourth-order valence-electron chi connectivity index (χ4n) is 2.45. The van der Waals surface area contributed by atoms with Crippen LogP contribution < -0.4 is 20.3 Å². The average Bonchev–Trinajstić information content (AvgIpc) is 2.55. The van der Waals surface area contributed by atoms with Crippen molar-refractivity contribution < 1.29 is 19.2 Å². The second-order valence-electron chi connectivity index (χ2n) is 4.91. The van der Waals surface area contributed by atoms with Gasteiger partial charge in [0.05, 0.1) is 23.1 Å². The molecule has 23 heavy (non-hydrogen) atoms. The molecule has 1 aromatic carbocycles. The zero-order valence-corrected chi connectivity index (χ0v) is 12.2. The van der Waals surface area contributed by atoms with Gasteiger partial charge < -0.3 is 14.8 Å². The Kier molecular flexibility index (Phi) is 3.61. The Morgan fingerprint density at radius 1 is 1.48 bits per heavy atom. The number of hydrogen-bond donors (Lipinski definition) is 1. The van der Waals surface area contributed by atoms with Gasteiger partial charge in [0.1, 0.15) is 6.61 Å². The van der Waals surface area contributed by atoms with Gasteiger partial charge in [0.15, 0.2) is 18.1 Å². The number of aromatic nitrogens is 1. The average molecular weight is 319 g/mol. The van der Waals surface area contributed by atoms with Gasteiger partial charge in [-0.1, -0.05) is 0 Å². The number of nitrogens with zero attached hydrogens (tertiary/aromatic N) is 2. The Labute approximate surface area is 129 Å². The number of pyridine rings is 1. The quantitative estimate of drug-likeness (QED) is 0.646. The summed E-state index contributed by atoms with van der Waals surface area (Å²) in [6.07, 6.45) is 0. The van der Waals surface area contributed by atoms with Gasteiger partial charge in [-0.05, 0) is 6.07 Å². The van der Waals surface area contributed by atoms with E-state index in [1.807, 2.05) is 0 Å². The molecule has 0 unspecified atom stereocenters. The topological polar surface area (TPSA) is 113 Å². The van der Waals surface area contributed by atoms with Crippen LogP contribution in [0.15, 0.2) is 23.0 Å². The van der Waals surface area contributed by atoms with E-state index in [4.69, 9.17) is 9.47 Å². The molecule has 1 N–H and O–H groups in total. The molecule has 9 heteroatoms. The van der Waals surface area contributed by atoms with E-state index in [2.05, 4.69) is 5.32 Å². The molecule has 2 heterocycles. The lowest BCUT2D eigenvalue weighted by atomic mass is 10.1. The first kappa shape index (κ1) is 14.8. The van der Waals surface area contributed by atoms with Crippen LogP contribution in [-0.2, 0) is 11.3 Å². The van der Waals surface area contributed by atoms with Crippen LogP contribution in [0.1, 0.15) is 0 Å². The highest BCUT2D eigenvalue weighted by Gasteiger charge is 2.22. The molecule has 0 saturated carbocycles. The fraction of sp³-hybridized carbons (Fsp3) is 0.286. The summed E-state index contributed by atoms with van der Waals surface area (Å²) >= 11 is 0. The van der Waals surface area contributed by atoms with Crippen molar-refractivity contribution in [2.45, 2.75) is 6.54 Å². The van der Waals surface area contributed by atoms with E-state index in [-0.39, 0.29) is 36.3 Å². The van der Waals surface area contributed by atoms with E-state index in [1.165, 1.54) is 29.8 Å². The number of likely N-dealkylation sites (N-methyl/N-ethyl adjacent to an activating group) is 1. The van der Waals surface area contributed by atoms with Crippen LogP contribution in [0.25, 0.3) is 10.9 Å². The van der Waals surface area contributed by atoms with Crippen LogP contribution in [0.5, 0.6) is 11.5 Å². The van der Waals surface area contributed by atoms with Gasteiger partial charge in [-0.15, -0.1) is 0 Å². The minimum absolute atomic E-state index is 0.0329. The third-order valence-electron chi connectivity index (χ3n) is 3.52. The number of nitro benzene ring substituents is 1. The molecule has 0 fully saturated rings. The number of benzene rings is 1. The van der Waals surface area contributed by atoms with Gasteiger partial charge >= 0.3 is 0 Å². The molecule has 0 aliphatic carbocycles. The summed E-state index contributed by atoms with van der Waals surface area (Å²) in [6.45, 7) is 0.217. The highest BCUT2D eigenvalue weighted by atomic mass is 16.6. The number of non-ortho nitro benzene ring substituents is 1. The van der Waals surface area contributed by atoms with E-state index in [0.29, 0.717) is 17.4 Å². The Balaban J connectivity index is 2.17. The van der Waals surface area contributed by atoms with Crippen molar-refractivity contribution in [3.05, 3.63) is 38.7 Å². The lowest BCUT2D eigenvalue weighted by Gasteiger charge is -2.20. The minimum Gasteiger partial charge on any atom is -0.489 e. The number of carbonyl (C=O) groups is 1. The van der Waals surface area contributed by atoms with Crippen LogP contribution in [0.3, 0.4) is 0 Å². The lowest BCUT2D eigenvalue weighted by molar-refractivity contribution is -0.384. The van der Waals surface area contributed by atoms with E-state index in [9.17, 15) is 19.7 Å². The van der Waals surface area contributed by atoms with Crippen molar-refractivity contribution >= 4 is 22.5 Å². The molecule has 0 radical (unpaired) electrons. The molecular formula is C14H13N3O6. The predicted octanol–water partition coefficient (Wildman–Crippen LogP) is 0.427. The zero-order valence-electron chi connectivity index (χ0n) is 12.2. The minimum atomic E-state index is -0.533. The van der Waals surface area contributed by atoms with Crippen molar-refractivity contribution in [1.82, 2.24) is 9.88 Å². The molecule has 1 aliphatic heterocycles. The number of hydrogen-bond acceptors (Lipinski definition) is 6. The van der Waals surface area contributed by atoms with Gasteiger partial charge in [0.2, 0.25) is 0 Å². The molecule has 0 atom stereocenters. The fourth-order valence-corrected chi connectivity index (χ4v) is 2.45. The van der Waals surface area contributed by atoms with E-state index < -0.39 is 10.5 Å². The summed E-state index contributed by atoms with van der Waals surface area (Å²) in [6, 6.07) is 4.03. The number of carbonyl (C=O) groups excluding carboxylic acids is 1. The number of nitro groups is 1. The molecule has 120 valence electrons. The van der Waals surface area contributed by atoms with E-state index in [0.717, 1.165) is 0 Å². The summed E-state index contributed by atoms with van der Waals surface area (Å²) in [4.78, 5) is 34.2. The summed E-state index contributed by atoms with van der Waals surface area (Å²) in [5.41, 5.74) is -0.0594. The Bertz CT molecular complexity index is 873. The van der Waals surface area contributed by atoms with E-state index >= 15 is 0 Å². The summed E-state index contributed by atoms with van der Waals surface area (Å²) in [5.74, 6) is -0.129. The first-order valence-corrected chi connectivity index (χ1v) is 6.83. The summed E-state index contributed by atoms with van der Waals surface area (Å²) in [5, 5.41) is 13.8. The normalized spacial score (nSPS) is 12.6. The number of amides is 1. The summed E-state index contributed by atoms with van der Waals surface area (Å²) < 4.78 is 12.1. The predicted molar refractivity (Wildman–Crippen MR) is 79.9 cm³/mol. The Hall–Kier alpha value is -3.10. The van der Waals surface area contributed by atoms with Crippen molar-refractivity contribution in [2.75, 3.05) is 20.3 Å². The first-order chi connectivity index (χ1) is 11.0. The van der Waals surface area contributed by atoms with Gasteiger partial charge in [0, 0.05) is 18.5 Å². The highest BCUT2D eigenvalue weighted by molar-refractivity contribution is 5.89. The molecule has 1 aliphatic rings. The SMILES string of the molecule is CNC(=O)COc1cc2cc([N+](=O)[O-])cc3c2n(c1=O)CCO3. The van der Waals surface area contributed by atoms with Gasteiger partial charge in [-0.25, -0.2) is 0 Å². The number of ether oxygens (including phenoxy) is 2. The van der Waals surface area contributed by atoms with Crippen LogP contribution in [0.2, 0.25) is 0 Å². The van der Waals surface area contributed by atoms with Gasteiger partial charge in [-0.3, -0.25) is 24.3 Å². The second-order valence-corrected chi connectivity index (χ2v) is 4.91. The Morgan fingerprint density at radius 3 is 2.96 bits per heavy atom. The summed E-state index contributed by atoms with van der Waals surface area (Å²) in [7, 11) is 1.45. The monoisotopic (exact) mass is 319 g/mol. The zero-order chi connectivity index (χ0) is 16.6. The van der Waals surface area contributed by atoms with Crippen LogP contribution >= 0.6 is 0 Å². The van der Waals surface area contributed by atoms with Crippen molar-refractivity contribution in [2.24, 2.45) is 0 Å². The molecule has 3 rings (SSSR count). The van der Waals surface area contributed by atoms with Crippen LogP contribution in [0, 0.1) is 10.1 Å². The highest BCUT2D eigenvalue weighted by Crippen LogP contribution is 2.33. The third kappa shape index (κ3) is 2.56. The first-order valence-electron chi connectivity index (χ1n) is 6.83. The molecule has 0 saturated heterocycles. The molecule has 9 nitrogen and oxygen atoms in total. The standard InChI is InChI=1S/C14H13N3O6/c1-15-12(18)7-23-11-5-8-4-9(17(20)21)6-10-13(8)16(14(11)19)2-3-22-10/h4-6H,2-3,7H2,1H3,(H,15,18). The van der Waals surface area contributed by atoms with E-state index in [1.54, 1.807) is 0 Å². The van der Waals surface area contributed by atoms with Crippen molar-refractivity contribution in [3.8, 4) is 11.5 Å². The molecule has 0 spiro atoms. The molecule has 1 amide bonds. The van der Waals surface area contributed by atoms with Gasteiger partial charge in [0.25, 0.3) is 17.2 Å². The van der Waals surface area contributed by atoms with Crippen LogP contribution in [0.4, 0.5) is 5.69 Å². The largest absolute Gasteiger partial charge is 0.489 e. The third-order valence-corrected chi connectivity index (χ3v) is 3.52. The maximum Gasteiger partial charge on any atom is 0.293 e. The maximum absolute atomic E-state index is 12.4. The number of nitrogens with one attached hydrogen (secondary N) is 1. The lowest BCUT2D eigenvalue weighted by Crippen LogP contribution is -2.30. The molecule has 0 bridgehead atoms. The Morgan fingerprint density at radius 2 is 2.26 bits per heavy atom. The molecule has 2 aromatic rings. The van der Waals surface area contributed by atoms with Gasteiger partial charge in [-0.2, -0.15) is 0 Å². The van der Waals surface area contributed by atoms with Crippen LogP contribution in [-0.4, -0.2) is 35.7 Å². The smallest absolute Gasteiger partial charge is 0.293 e. The molecular weight excluding hydrogens is 306 g/mol. The second kappa shape index (κ2) is 5.59.